The third kappa shape index (κ3) is 3.66. The van der Waals surface area contributed by atoms with Crippen molar-refractivity contribution in [3.8, 4) is 0 Å². The number of nitrogens with zero attached hydrogens (tertiary/aromatic N) is 7. The Morgan fingerprint density at radius 1 is 1.33 bits per heavy atom. The Hall–Kier alpha value is -2.16. The van der Waals surface area contributed by atoms with Crippen molar-refractivity contribution in [1.29, 1.82) is 0 Å². The molecular formula is C15H24N8S. The van der Waals surface area contributed by atoms with Gasteiger partial charge in [-0.2, -0.15) is 9.47 Å². The Bertz CT molecular complexity index is 683. The molecule has 0 radical (unpaired) electrons. The monoisotopic (exact) mass is 348 g/mol. The summed E-state index contributed by atoms with van der Waals surface area (Å²) >= 11 is 1.50. The van der Waals surface area contributed by atoms with Gasteiger partial charge in [0.05, 0.1) is 12.2 Å². The molecule has 3 heterocycles. The van der Waals surface area contributed by atoms with E-state index < -0.39 is 0 Å². The first-order valence-corrected chi connectivity index (χ1v) is 8.98. The maximum atomic E-state index is 4.58. The fourth-order valence-electron chi connectivity index (χ4n) is 2.70. The lowest BCUT2D eigenvalue weighted by Gasteiger charge is -2.36. The maximum absolute atomic E-state index is 4.58. The van der Waals surface area contributed by atoms with Gasteiger partial charge in [-0.1, -0.05) is 6.92 Å². The van der Waals surface area contributed by atoms with Gasteiger partial charge in [-0.25, -0.2) is 4.98 Å². The predicted octanol–water partition coefficient (Wildman–Crippen LogP) is 0.732. The Balaban J connectivity index is 1.53. The van der Waals surface area contributed by atoms with Crippen LogP contribution < -0.4 is 10.2 Å². The van der Waals surface area contributed by atoms with E-state index in [-0.39, 0.29) is 0 Å². The van der Waals surface area contributed by atoms with E-state index in [1.54, 1.807) is 0 Å². The fourth-order valence-corrected chi connectivity index (χ4v) is 3.50. The van der Waals surface area contributed by atoms with Crippen molar-refractivity contribution in [1.82, 2.24) is 29.4 Å². The molecule has 9 heteroatoms. The number of piperazine rings is 1. The lowest BCUT2D eigenvalue weighted by molar-refractivity contribution is 0.371. The van der Waals surface area contributed by atoms with E-state index in [0.29, 0.717) is 0 Å². The number of aliphatic imine (C=N–C) groups is 1. The van der Waals surface area contributed by atoms with E-state index in [9.17, 15) is 0 Å². The maximum Gasteiger partial charge on any atom is 0.205 e. The molecule has 0 saturated carbocycles. The zero-order chi connectivity index (χ0) is 16.9. The zero-order valence-electron chi connectivity index (χ0n) is 14.4. The second-order valence-corrected chi connectivity index (χ2v) is 6.40. The number of nitrogens with one attached hydrogen (secondary N) is 1. The first-order valence-electron chi connectivity index (χ1n) is 8.21. The van der Waals surface area contributed by atoms with Crippen molar-refractivity contribution in [3.63, 3.8) is 0 Å². The number of aromatic nitrogens is 4. The van der Waals surface area contributed by atoms with Crippen LogP contribution in [-0.4, -0.2) is 63.2 Å². The summed E-state index contributed by atoms with van der Waals surface area (Å²) in [4.78, 5) is 13.6. The molecule has 0 aliphatic carbocycles. The Kier molecular flexibility index (Phi) is 5.29. The molecule has 24 heavy (non-hydrogen) atoms. The summed E-state index contributed by atoms with van der Waals surface area (Å²) in [5.74, 6) is 1.87. The number of aryl methyl sites for hydroxylation is 2. The van der Waals surface area contributed by atoms with E-state index in [1.165, 1.54) is 11.5 Å². The highest BCUT2D eigenvalue weighted by molar-refractivity contribution is 7.09. The summed E-state index contributed by atoms with van der Waals surface area (Å²) in [7, 11) is 3.78. The normalized spacial score (nSPS) is 15.9. The van der Waals surface area contributed by atoms with Crippen LogP contribution in [-0.2, 0) is 20.0 Å². The van der Waals surface area contributed by atoms with Gasteiger partial charge in [0.15, 0.2) is 5.96 Å². The molecule has 1 aliphatic heterocycles. The summed E-state index contributed by atoms with van der Waals surface area (Å²) in [5, 5.41) is 8.64. The Morgan fingerprint density at radius 3 is 2.71 bits per heavy atom. The Morgan fingerprint density at radius 2 is 2.12 bits per heavy atom. The molecule has 130 valence electrons. The first kappa shape index (κ1) is 16.7. The smallest absolute Gasteiger partial charge is 0.205 e. The van der Waals surface area contributed by atoms with Crippen LogP contribution in [0.5, 0.6) is 0 Å². The molecule has 2 aromatic heterocycles. The van der Waals surface area contributed by atoms with Gasteiger partial charge in [0.1, 0.15) is 5.82 Å². The third-order valence-corrected chi connectivity index (χ3v) is 5.00. The van der Waals surface area contributed by atoms with E-state index in [0.717, 1.165) is 61.8 Å². The molecule has 1 aliphatic rings. The Labute approximate surface area is 146 Å². The van der Waals surface area contributed by atoms with Crippen LogP contribution in [0, 0.1) is 0 Å². The first-order chi connectivity index (χ1) is 11.7. The second kappa shape index (κ2) is 7.61. The van der Waals surface area contributed by atoms with Crippen LogP contribution in [0.3, 0.4) is 0 Å². The van der Waals surface area contributed by atoms with Crippen LogP contribution in [0.4, 0.5) is 5.13 Å². The molecule has 1 fully saturated rings. The SMILES string of the molecule is CCc1nsc(N2CCN(C(=NC)NCc3ccnn3C)CC2)n1. The molecule has 0 bridgehead atoms. The van der Waals surface area contributed by atoms with Crippen molar-refractivity contribution in [2.24, 2.45) is 12.0 Å². The van der Waals surface area contributed by atoms with Crippen molar-refractivity contribution in [2.75, 3.05) is 38.1 Å². The average Bonchev–Trinajstić information content (AvgIpc) is 3.25. The van der Waals surface area contributed by atoms with Crippen LogP contribution in [0.15, 0.2) is 17.3 Å². The summed E-state index contributed by atoms with van der Waals surface area (Å²) in [6.45, 7) is 6.52. The number of hydrogen-bond donors (Lipinski definition) is 1. The molecule has 0 unspecified atom stereocenters. The highest BCUT2D eigenvalue weighted by Crippen LogP contribution is 2.19. The second-order valence-electron chi connectivity index (χ2n) is 5.67. The van der Waals surface area contributed by atoms with E-state index in [2.05, 4.69) is 41.5 Å². The summed E-state index contributed by atoms with van der Waals surface area (Å²) < 4.78 is 6.25. The molecular weight excluding hydrogens is 324 g/mol. The molecule has 1 N–H and O–H groups in total. The molecule has 3 rings (SSSR count). The van der Waals surface area contributed by atoms with Crippen molar-refractivity contribution in [2.45, 2.75) is 19.9 Å². The van der Waals surface area contributed by atoms with Gasteiger partial charge in [0, 0.05) is 64.4 Å². The molecule has 0 spiro atoms. The van der Waals surface area contributed by atoms with Crippen molar-refractivity contribution >= 4 is 22.6 Å². The quantitative estimate of drug-likeness (QED) is 0.649. The van der Waals surface area contributed by atoms with E-state index in [4.69, 9.17) is 0 Å². The molecule has 0 amide bonds. The highest BCUT2D eigenvalue weighted by Gasteiger charge is 2.22. The van der Waals surface area contributed by atoms with Gasteiger partial charge in [-0.3, -0.25) is 9.67 Å². The number of hydrogen-bond acceptors (Lipinski definition) is 6. The van der Waals surface area contributed by atoms with Gasteiger partial charge in [-0.05, 0) is 6.07 Å². The van der Waals surface area contributed by atoms with Crippen LogP contribution in [0.25, 0.3) is 0 Å². The van der Waals surface area contributed by atoms with Crippen LogP contribution >= 0.6 is 11.5 Å². The molecule has 0 aromatic carbocycles. The lowest BCUT2D eigenvalue weighted by Crippen LogP contribution is -2.52. The standard InChI is InChI=1S/C15H24N8S/c1-4-13-19-15(24-20-13)23-9-7-22(8-10-23)14(16-2)17-11-12-5-6-18-21(12)3/h5-6H,4,7-11H2,1-3H3,(H,16,17). The number of guanidine groups is 1. The molecule has 0 atom stereocenters. The van der Waals surface area contributed by atoms with Gasteiger partial charge < -0.3 is 15.1 Å². The van der Waals surface area contributed by atoms with Crippen LogP contribution in [0.2, 0.25) is 0 Å². The van der Waals surface area contributed by atoms with E-state index in [1.807, 2.05) is 31.0 Å². The molecule has 8 nitrogen and oxygen atoms in total. The van der Waals surface area contributed by atoms with Gasteiger partial charge in [0.2, 0.25) is 5.13 Å². The predicted molar refractivity (Wildman–Crippen MR) is 96.5 cm³/mol. The zero-order valence-corrected chi connectivity index (χ0v) is 15.3. The van der Waals surface area contributed by atoms with Crippen LogP contribution in [0.1, 0.15) is 18.4 Å². The number of rotatable bonds is 4. The third-order valence-electron chi connectivity index (χ3n) is 4.19. The number of anilines is 1. The minimum absolute atomic E-state index is 0.722. The van der Waals surface area contributed by atoms with Crippen molar-refractivity contribution < 1.29 is 0 Å². The average molecular weight is 348 g/mol. The highest BCUT2D eigenvalue weighted by atomic mass is 32.1. The van der Waals surface area contributed by atoms with Gasteiger partial charge >= 0.3 is 0 Å². The van der Waals surface area contributed by atoms with Crippen molar-refractivity contribution in [3.05, 3.63) is 23.8 Å². The van der Waals surface area contributed by atoms with E-state index >= 15 is 0 Å². The van der Waals surface area contributed by atoms with Gasteiger partial charge in [0.25, 0.3) is 0 Å². The minimum atomic E-state index is 0.722. The minimum Gasteiger partial charge on any atom is -0.351 e. The topological polar surface area (TPSA) is 74.5 Å². The summed E-state index contributed by atoms with van der Waals surface area (Å²) in [5.41, 5.74) is 1.13. The largest absolute Gasteiger partial charge is 0.351 e. The lowest BCUT2D eigenvalue weighted by atomic mass is 10.3. The summed E-state index contributed by atoms with van der Waals surface area (Å²) in [6.07, 6.45) is 2.70. The summed E-state index contributed by atoms with van der Waals surface area (Å²) in [6, 6.07) is 2.01. The molecule has 2 aromatic rings. The fraction of sp³-hybridized carbons (Fsp3) is 0.600. The van der Waals surface area contributed by atoms with Gasteiger partial charge in [-0.15, -0.1) is 0 Å². The molecule has 1 saturated heterocycles.